The third-order valence-electron chi connectivity index (χ3n) is 4.57. The Morgan fingerprint density at radius 1 is 1.35 bits per heavy atom. The van der Waals surface area contributed by atoms with E-state index in [0.717, 1.165) is 25.7 Å². The van der Waals surface area contributed by atoms with Crippen molar-refractivity contribution in [3.63, 3.8) is 0 Å². The van der Waals surface area contributed by atoms with Gasteiger partial charge in [-0.1, -0.05) is 26.2 Å². The van der Waals surface area contributed by atoms with Crippen LogP contribution in [-0.4, -0.2) is 36.9 Å². The van der Waals surface area contributed by atoms with Gasteiger partial charge >= 0.3 is 5.97 Å². The van der Waals surface area contributed by atoms with Crippen molar-refractivity contribution < 1.29 is 14.3 Å². The molecule has 0 bridgehead atoms. The molecule has 0 aromatic carbocycles. The minimum atomic E-state index is -0.511. The molecule has 2 aliphatic rings. The van der Waals surface area contributed by atoms with E-state index in [9.17, 15) is 4.79 Å². The van der Waals surface area contributed by atoms with Crippen LogP contribution in [0.15, 0.2) is 0 Å². The van der Waals surface area contributed by atoms with Crippen LogP contribution in [0.3, 0.4) is 0 Å². The molecule has 4 nitrogen and oxygen atoms in total. The van der Waals surface area contributed by atoms with E-state index < -0.39 is 5.54 Å². The second-order valence-corrected chi connectivity index (χ2v) is 6.16. The number of rotatable bonds is 6. The molecule has 1 heterocycles. The maximum Gasteiger partial charge on any atom is 0.326 e. The first-order valence-corrected chi connectivity index (χ1v) is 8.26. The summed E-state index contributed by atoms with van der Waals surface area (Å²) >= 11 is 0. The highest BCUT2D eigenvalue weighted by Crippen LogP contribution is 2.31. The predicted molar refractivity (Wildman–Crippen MR) is 78.6 cm³/mol. The van der Waals surface area contributed by atoms with Crippen molar-refractivity contribution >= 4 is 5.97 Å². The second-order valence-electron chi connectivity index (χ2n) is 6.16. The Morgan fingerprint density at radius 3 is 2.75 bits per heavy atom. The molecular formula is C16H29NO3. The van der Waals surface area contributed by atoms with E-state index in [1.54, 1.807) is 0 Å². The number of carbonyl (C=O) groups is 1. The van der Waals surface area contributed by atoms with E-state index in [-0.39, 0.29) is 12.1 Å². The fourth-order valence-electron chi connectivity index (χ4n) is 3.56. The Kier molecular flexibility index (Phi) is 5.85. The fourth-order valence-corrected chi connectivity index (χ4v) is 3.56. The van der Waals surface area contributed by atoms with Crippen LogP contribution in [-0.2, 0) is 14.3 Å². The number of hydrogen-bond donors (Lipinski definition) is 1. The summed E-state index contributed by atoms with van der Waals surface area (Å²) in [5, 5.41) is 3.65. The molecular weight excluding hydrogens is 254 g/mol. The molecule has 2 atom stereocenters. The molecule has 2 fully saturated rings. The molecule has 2 rings (SSSR count). The first-order valence-electron chi connectivity index (χ1n) is 8.26. The lowest BCUT2D eigenvalue weighted by Crippen LogP contribution is -2.60. The number of ether oxygens (including phenoxy) is 2. The quantitative estimate of drug-likeness (QED) is 0.762. The molecule has 0 spiro atoms. The maximum absolute atomic E-state index is 12.5. The normalized spacial score (nSPS) is 31.4. The zero-order valence-corrected chi connectivity index (χ0v) is 13.0. The van der Waals surface area contributed by atoms with Crippen LogP contribution < -0.4 is 5.32 Å². The van der Waals surface area contributed by atoms with Gasteiger partial charge in [-0.05, 0) is 32.6 Å². The summed E-state index contributed by atoms with van der Waals surface area (Å²) in [7, 11) is 0. The van der Waals surface area contributed by atoms with Crippen molar-refractivity contribution in [3.05, 3.63) is 0 Å². The molecule has 1 saturated carbocycles. The van der Waals surface area contributed by atoms with E-state index in [0.29, 0.717) is 19.3 Å². The SMILES string of the molecule is CCCC1CC(NC2CCCC2)(C(=O)OCC)CCO1. The Balaban J connectivity index is 2.07. The van der Waals surface area contributed by atoms with Crippen molar-refractivity contribution in [2.75, 3.05) is 13.2 Å². The number of hydrogen-bond acceptors (Lipinski definition) is 4. The Morgan fingerprint density at radius 2 is 2.10 bits per heavy atom. The minimum absolute atomic E-state index is 0.0729. The first-order chi connectivity index (χ1) is 9.70. The lowest BCUT2D eigenvalue weighted by molar-refractivity contribution is -0.159. The van der Waals surface area contributed by atoms with E-state index >= 15 is 0 Å². The molecule has 0 aromatic rings. The average Bonchev–Trinajstić information content (AvgIpc) is 2.92. The van der Waals surface area contributed by atoms with Crippen LogP contribution in [0.5, 0.6) is 0 Å². The highest BCUT2D eigenvalue weighted by atomic mass is 16.5. The topological polar surface area (TPSA) is 47.6 Å². The van der Waals surface area contributed by atoms with Gasteiger partial charge in [-0.15, -0.1) is 0 Å². The van der Waals surface area contributed by atoms with Gasteiger partial charge in [0.15, 0.2) is 0 Å². The van der Waals surface area contributed by atoms with Gasteiger partial charge in [0.05, 0.1) is 12.7 Å². The van der Waals surface area contributed by atoms with Gasteiger partial charge in [-0.3, -0.25) is 10.1 Å². The molecule has 0 aromatic heterocycles. The highest BCUT2D eigenvalue weighted by molar-refractivity contribution is 5.81. The lowest BCUT2D eigenvalue weighted by atomic mass is 9.84. The Bertz CT molecular complexity index is 313. The molecule has 2 unspecified atom stereocenters. The summed E-state index contributed by atoms with van der Waals surface area (Å²) in [6.45, 7) is 5.15. The molecule has 0 amide bonds. The molecule has 4 heteroatoms. The fraction of sp³-hybridized carbons (Fsp3) is 0.938. The summed E-state index contributed by atoms with van der Waals surface area (Å²) in [6, 6.07) is 0.472. The van der Waals surface area contributed by atoms with E-state index in [4.69, 9.17) is 9.47 Å². The molecule has 0 radical (unpaired) electrons. The second kappa shape index (κ2) is 7.41. The van der Waals surface area contributed by atoms with Gasteiger partial charge in [0, 0.05) is 19.1 Å². The largest absolute Gasteiger partial charge is 0.465 e. The van der Waals surface area contributed by atoms with Gasteiger partial charge in [-0.25, -0.2) is 0 Å². The summed E-state index contributed by atoms with van der Waals surface area (Å²) in [4.78, 5) is 12.5. The van der Waals surface area contributed by atoms with Crippen LogP contribution in [0.25, 0.3) is 0 Å². The molecule has 1 N–H and O–H groups in total. The van der Waals surface area contributed by atoms with Gasteiger partial charge < -0.3 is 9.47 Å². The van der Waals surface area contributed by atoms with Gasteiger partial charge in [0.2, 0.25) is 0 Å². The van der Waals surface area contributed by atoms with Crippen LogP contribution >= 0.6 is 0 Å². The lowest BCUT2D eigenvalue weighted by Gasteiger charge is -2.41. The van der Waals surface area contributed by atoms with E-state index in [1.807, 2.05) is 6.92 Å². The monoisotopic (exact) mass is 283 g/mol. The van der Waals surface area contributed by atoms with Gasteiger partial charge in [-0.2, -0.15) is 0 Å². The number of nitrogens with one attached hydrogen (secondary N) is 1. The molecule has 1 aliphatic heterocycles. The first kappa shape index (κ1) is 15.8. The van der Waals surface area contributed by atoms with Crippen molar-refractivity contribution in [2.45, 2.75) is 82.9 Å². The van der Waals surface area contributed by atoms with Crippen molar-refractivity contribution in [3.8, 4) is 0 Å². The highest BCUT2D eigenvalue weighted by Gasteiger charge is 2.45. The van der Waals surface area contributed by atoms with E-state index in [2.05, 4.69) is 12.2 Å². The van der Waals surface area contributed by atoms with Gasteiger partial charge in [0.1, 0.15) is 5.54 Å². The number of esters is 1. The molecule has 116 valence electrons. The maximum atomic E-state index is 12.5. The minimum Gasteiger partial charge on any atom is -0.465 e. The summed E-state index contributed by atoms with van der Waals surface area (Å²) in [5.74, 6) is -0.0729. The third-order valence-corrected chi connectivity index (χ3v) is 4.57. The molecule has 1 aliphatic carbocycles. The number of carbonyl (C=O) groups excluding carboxylic acids is 1. The van der Waals surface area contributed by atoms with Crippen LogP contribution in [0.2, 0.25) is 0 Å². The van der Waals surface area contributed by atoms with Crippen LogP contribution in [0.1, 0.15) is 65.2 Å². The van der Waals surface area contributed by atoms with E-state index in [1.165, 1.54) is 25.7 Å². The predicted octanol–water partition coefficient (Wildman–Crippen LogP) is 2.80. The average molecular weight is 283 g/mol. The Hall–Kier alpha value is -0.610. The Labute approximate surface area is 122 Å². The molecule has 1 saturated heterocycles. The smallest absolute Gasteiger partial charge is 0.326 e. The standard InChI is InChI=1S/C16H29NO3/c1-3-7-14-12-16(10-11-20-14,15(18)19-4-2)17-13-8-5-6-9-13/h13-14,17H,3-12H2,1-2H3. The summed E-state index contributed by atoms with van der Waals surface area (Å²) in [5.41, 5.74) is -0.511. The summed E-state index contributed by atoms with van der Waals surface area (Å²) in [6.07, 6.45) is 8.70. The van der Waals surface area contributed by atoms with Gasteiger partial charge in [0.25, 0.3) is 0 Å². The van der Waals surface area contributed by atoms with Crippen molar-refractivity contribution in [2.24, 2.45) is 0 Å². The van der Waals surface area contributed by atoms with Crippen LogP contribution in [0, 0.1) is 0 Å². The van der Waals surface area contributed by atoms with Crippen molar-refractivity contribution in [1.29, 1.82) is 0 Å². The van der Waals surface area contributed by atoms with Crippen LogP contribution in [0.4, 0.5) is 0 Å². The molecule has 20 heavy (non-hydrogen) atoms. The zero-order chi connectivity index (χ0) is 14.4. The summed E-state index contributed by atoms with van der Waals surface area (Å²) < 4.78 is 11.2. The third kappa shape index (κ3) is 3.73. The zero-order valence-electron chi connectivity index (χ0n) is 13.0. The van der Waals surface area contributed by atoms with Crippen molar-refractivity contribution in [1.82, 2.24) is 5.32 Å².